The van der Waals surface area contributed by atoms with Crippen LogP contribution in [0.1, 0.15) is 27.6 Å². The topological polar surface area (TPSA) is 87.3 Å². The van der Waals surface area contributed by atoms with Crippen molar-refractivity contribution >= 4 is 34.1 Å². The molecule has 1 heterocycles. The summed E-state index contributed by atoms with van der Waals surface area (Å²) in [5.74, 6) is -1.87. The molecule has 0 saturated heterocycles. The van der Waals surface area contributed by atoms with E-state index in [-0.39, 0.29) is 11.1 Å². The largest absolute Gasteiger partial charge is 0.313 e. The van der Waals surface area contributed by atoms with Crippen molar-refractivity contribution < 1.29 is 18.8 Å². The average Bonchev–Trinajstić information content (AvgIpc) is 2.93. The maximum atomic E-state index is 12.8. The van der Waals surface area contributed by atoms with Crippen LogP contribution in [-0.4, -0.2) is 17.7 Å². The van der Waals surface area contributed by atoms with Gasteiger partial charge in [0.15, 0.2) is 0 Å². The number of hydrogen-bond donors (Lipinski definition) is 3. The lowest BCUT2D eigenvalue weighted by atomic mass is 10.2. The van der Waals surface area contributed by atoms with Crippen LogP contribution >= 0.6 is 11.3 Å². The van der Waals surface area contributed by atoms with Gasteiger partial charge >= 0.3 is 0 Å². The molecule has 114 valence electrons. The first-order valence-electron chi connectivity index (χ1n) is 6.18. The zero-order valence-electron chi connectivity index (χ0n) is 11.5. The van der Waals surface area contributed by atoms with Crippen molar-refractivity contribution in [2.75, 3.05) is 5.32 Å². The van der Waals surface area contributed by atoms with Gasteiger partial charge < -0.3 is 5.32 Å². The summed E-state index contributed by atoms with van der Waals surface area (Å²) in [4.78, 5) is 34.7. The van der Waals surface area contributed by atoms with E-state index in [1.54, 1.807) is 5.38 Å². The van der Waals surface area contributed by atoms with Gasteiger partial charge in [0, 0.05) is 12.5 Å². The fourth-order valence-corrected chi connectivity index (χ4v) is 2.35. The zero-order chi connectivity index (χ0) is 16.1. The van der Waals surface area contributed by atoms with Crippen LogP contribution in [0.2, 0.25) is 0 Å². The van der Waals surface area contributed by atoms with Gasteiger partial charge in [0.25, 0.3) is 11.8 Å². The first kappa shape index (κ1) is 15.6. The Hall–Kier alpha value is -2.74. The summed E-state index contributed by atoms with van der Waals surface area (Å²) in [6, 6.07) is 6.55. The van der Waals surface area contributed by atoms with Gasteiger partial charge in [-0.2, -0.15) is 0 Å². The van der Waals surface area contributed by atoms with E-state index in [9.17, 15) is 18.8 Å². The van der Waals surface area contributed by atoms with Gasteiger partial charge in [-0.25, -0.2) is 4.39 Å². The number of hydrazine groups is 1. The van der Waals surface area contributed by atoms with E-state index in [1.807, 2.05) is 0 Å². The van der Waals surface area contributed by atoms with Crippen LogP contribution in [0, 0.1) is 5.82 Å². The molecule has 0 atom stereocenters. The van der Waals surface area contributed by atoms with E-state index < -0.39 is 23.5 Å². The lowest BCUT2D eigenvalue weighted by molar-refractivity contribution is -0.119. The van der Waals surface area contributed by atoms with Crippen LogP contribution in [0.15, 0.2) is 35.7 Å². The van der Waals surface area contributed by atoms with Gasteiger partial charge in [-0.15, -0.1) is 11.3 Å². The highest BCUT2D eigenvalue weighted by molar-refractivity contribution is 7.14. The molecule has 1 aromatic carbocycles. The maximum Gasteiger partial charge on any atom is 0.272 e. The second-order valence-corrected chi connectivity index (χ2v) is 5.18. The summed E-state index contributed by atoms with van der Waals surface area (Å²) >= 11 is 1.16. The van der Waals surface area contributed by atoms with Gasteiger partial charge in [0.1, 0.15) is 10.8 Å². The molecule has 2 aromatic rings. The zero-order valence-corrected chi connectivity index (χ0v) is 12.3. The third-order valence-electron chi connectivity index (χ3n) is 2.60. The summed E-state index contributed by atoms with van der Waals surface area (Å²) in [6.07, 6.45) is 0. The van der Waals surface area contributed by atoms with Crippen LogP contribution in [0.4, 0.5) is 9.39 Å². The minimum Gasteiger partial charge on any atom is -0.313 e. The van der Waals surface area contributed by atoms with Crippen molar-refractivity contribution in [3.8, 4) is 0 Å². The number of rotatable bonds is 3. The number of halogens is 1. The molecule has 22 heavy (non-hydrogen) atoms. The first-order valence-corrected chi connectivity index (χ1v) is 7.06. The van der Waals surface area contributed by atoms with E-state index in [1.165, 1.54) is 37.3 Å². The third-order valence-corrected chi connectivity index (χ3v) is 3.43. The Kier molecular flexibility index (Phi) is 4.84. The number of hydrogen-bond acceptors (Lipinski definition) is 4. The fourth-order valence-electron chi connectivity index (χ4n) is 1.57. The first-order chi connectivity index (χ1) is 10.5. The number of benzene rings is 1. The number of nitrogens with one attached hydrogen (secondary N) is 3. The molecule has 0 aliphatic rings. The quantitative estimate of drug-likeness (QED) is 0.755. The van der Waals surface area contributed by atoms with E-state index in [0.717, 1.165) is 11.3 Å². The lowest BCUT2D eigenvalue weighted by Crippen LogP contribution is -2.40. The van der Waals surface area contributed by atoms with Gasteiger partial charge in [0.2, 0.25) is 5.91 Å². The van der Waals surface area contributed by atoms with E-state index in [2.05, 4.69) is 16.2 Å². The number of amides is 3. The second kappa shape index (κ2) is 6.81. The van der Waals surface area contributed by atoms with E-state index in [4.69, 9.17) is 0 Å². The molecule has 0 unspecified atom stereocenters. The predicted octanol–water partition coefficient (Wildman–Crippen LogP) is 1.92. The van der Waals surface area contributed by atoms with Crippen LogP contribution < -0.4 is 16.2 Å². The Balaban J connectivity index is 2.09. The SMILES string of the molecule is CC(=O)NNC(=O)c1ccsc1NC(=O)c1ccc(F)cc1. The lowest BCUT2D eigenvalue weighted by Gasteiger charge is -2.07. The Morgan fingerprint density at radius 3 is 2.32 bits per heavy atom. The Bertz CT molecular complexity index is 712. The smallest absolute Gasteiger partial charge is 0.272 e. The van der Waals surface area contributed by atoms with Crippen LogP contribution in [-0.2, 0) is 4.79 Å². The Labute approximate surface area is 129 Å². The van der Waals surface area contributed by atoms with Gasteiger partial charge in [0.05, 0.1) is 5.56 Å². The molecule has 0 bridgehead atoms. The van der Waals surface area contributed by atoms with E-state index >= 15 is 0 Å². The standard InChI is InChI=1S/C14H12FN3O3S/c1-8(19)17-18-13(21)11-6-7-22-14(11)16-12(20)9-2-4-10(15)5-3-9/h2-7H,1H3,(H,16,20)(H,17,19)(H,18,21). The molecule has 1 aromatic heterocycles. The van der Waals surface area contributed by atoms with Crippen LogP contribution in [0.5, 0.6) is 0 Å². The van der Waals surface area contributed by atoms with Crippen molar-refractivity contribution in [1.29, 1.82) is 0 Å². The van der Waals surface area contributed by atoms with Crippen molar-refractivity contribution in [3.05, 3.63) is 52.7 Å². The number of carbonyl (C=O) groups excluding carboxylic acids is 3. The highest BCUT2D eigenvalue weighted by atomic mass is 32.1. The molecule has 3 amide bonds. The second-order valence-electron chi connectivity index (χ2n) is 4.26. The molecule has 0 aliphatic heterocycles. The fraction of sp³-hybridized carbons (Fsp3) is 0.0714. The third kappa shape index (κ3) is 3.89. The monoisotopic (exact) mass is 321 g/mol. The highest BCUT2D eigenvalue weighted by Gasteiger charge is 2.16. The molecule has 6 nitrogen and oxygen atoms in total. The van der Waals surface area contributed by atoms with Gasteiger partial charge in [-0.05, 0) is 35.7 Å². The Morgan fingerprint density at radius 1 is 1.00 bits per heavy atom. The molecular weight excluding hydrogens is 309 g/mol. The molecule has 2 rings (SSSR count). The number of anilines is 1. The van der Waals surface area contributed by atoms with Crippen molar-refractivity contribution in [2.24, 2.45) is 0 Å². The molecule has 0 saturated carbocycles. The molecule has 3 N–H and O–H groups in total. The molecule has 0 aliphatic carbocycles. The minimum absolute atomic E-state index is 0.217. The molecule has 0 fully saturated rings. The average molecular weight is 321 g/mol. The predicted molar refractivity (Wildman–Crippen MR) is 80.0 cm³/mol. The molecule has 0 radical (unpaired) electrons. The summed E-state index contributed by atoms with van der Waals surface area (Å²) in [6.45, 7) is 1.26. The van der Waals surface area contributed by atoms with E-state index in [0.29, 0.717) is 5.00 Å². The van der Waals surface area contributed by atoms with Crippen molar-refractivity contribution in [2.45, 2.75) is 6.92 Å². The van der Waals surface area contributed by atoms with Crippen molar-refractivity contribution in [1.82, 2.24) is 10.9 Å². The minimum atomic E-state index is -0.550. The molecule has 0 spiro atoms. The Morgan fingerprint density at radius 2 is 1.68 bits per heavy atom. The molecular formula is C14H12FN3O3S. The summed E-state index contributed by atoms with van der Waals surface area (Å²) in [5, 5.41) is 4.54. The van der Waals surface area contributed by atoms with Gasteiger partial charge in [-0.3, -0.25) is 25.2 Å². The highest BCUT2D eigenvalue weighted by Crippen LogP contribution is 2.23. The maximum absolute atomic E-state index is 12.8. The number of carbonyl (C=O) groups is 3. The van der Waals surface area contributed by atoms with Crippen LogP contribution in [0.3, 0.4) is 0 Å². The summed E-state index contributed by atoms with van der Waals surface area (Å²) < 4.78 is 12.8. The summed E-state index contributed by atoms with van der Waals surface area (Å²) in [5.41, 5.74) is 4.86. The molecule has 8 heteroatoms. The normalized spacial score (nSPS) is 9.91. The summed E-state index contributed by atoms with van der Waals surface area (Å²) in [7, 11) is 0. The van der Waals surface area contributed by atoms with Crippen molar-refractivity contribution in [3.63, 3.8) is 0 Å². The number of thiophene rings is 1. The van der Waals surface area contributed by atoms with Crippen LogP contribution in [0.25, 0.3) is 0 Å². The van der Waals surface area contributed by atoms with Gasteiger partial charge in [-0.1, -0.05) is 0 Å².